The highest BCUT2D eigenvalue weighted by atomic mass is 35.5. The van der Waals surface area contributed by atoms with Crippen LogP contribution in [0.2, 0.25) is 5.02 Å². The highest BCUT2D eigenvalue weighted by molar-refractivity contribution is 6.30. The highest BCUT2D eigenvalue weighted by Gasteiger charge is 2.25. The Morgan fingerprint density at radius 1 is 1.33 bits per heavy atom. The summed E-state index contributed by atoms with van der Waals surface area (Å²) in [5, 5.41) is 12.6. The molecule has 1 saturated carbocycles. The van der Waals surface area contributed by atoms with Crippen molar-refractivity contribution in [3.05, 3.63) is 53.2 Å². The third kappa shape index (κ3) is 3.86. The lowest BCUT2D eigenvalue weighted by atomic mass is 9.91. The van der Waals surface area contributed by atoms with Crippen LogP contribution in [0.15, 0.2) is 42.6 Å². The van der Waals surface area contributed by atoms with Gasteiger partial charge in [0, 0.05) is 29.5 Å². The van der Waals surface area contributed by atoms with Crippen LogP contribution in [0.1, 0.15) is 29.6 Å². The zero-order valence-electron chi connectivity index (χ0n) is 13.3. The van der Waals surface area contributed by atoms with Crippen molar-refractivity contribution in [2.75, 3.05) is 23.4 Å². The van der Waals surface area contributed by atoms with Crippen molar-refractivity contribution in [1.82, 2.24) is 4.98 Å². The number of hydrogen-bond acceptors (Lipinski definition) is 4. The molecule has 0 atom stereocenters. The van der Waals surface area contributed by atoms with Crippen molar-refractivity contribution in [2.24, 2.45) is 0 Å². The van der Waals surface area contributed by atoms with E-state index in [4.69, 9.17) is 11.6 Å². The molecule has 3 rings (SSSR count). The molecule has 0 radical (unpaired) electrons. The summed E-state index contributed by atoms with van der Waals surface area (Å²) in [5.41, 5.74) is 1.13. The maximum absolute atomic E-state index is 12.3. The Balaban J connectivity index is 1.70. The van der Waals surface area contributed by atoms with Gasteiger partial charge in [0.1, 0.15) is 5.82 Å². The van der Waals surface area contributed by atoms with Gasteiger partial charge in [-0.1, -0.05) is 17.7 Å². The third-order valence-corrected chi connectivity index (χ3v) is 4.48. The number of nitrogens with zero attached hydrogens (tertiary/aromatic N) is 2. The number of aliphatic hydroxyl groups excluding tert-OH is 1. The number of rotatable bonds is 6. The molecule has 1 aromatic carbocycles. The first-order valence-corrected chi connectivity index (χ1v) is 8.45. The Bertz CT molecular complexity index is 702. The summed E-state index contributed by atoms with van der Waals surface area (Å²) in [7, 11) is 0. The summed E-state index contributed by atoms with van der Waals surface area (Å²) >= 11 is 5.92. The molecule has 2 aromatic rings. The van der Waals surface area contributed by atoms with Crippen molar-refractivity contribution in [3.63, 3.8) is 0 Å². The van der Waals surface area contributed by atoms with Gasteiger partial charge in [0.15, 0.2) is 0 Å². The van der Waals surface area contributed by atoms with Gasteiger partial charge in [0.25, 0.3) is 5.91 Å². The largest absolute Gasteiger partial charge is 0.395 e. The predicted octanol–water partition coefficient (Wildman–Crippen LogP) is 3.34. The number of amides is 1. The maximum Gasteiger partial charge on any atom is 0.257 e. The highest BCUT2D eigenvalue weighted by Crippen LogP contribution is 2.28. The quantitative estimate of drug-likeness (QED) is 0.842. The maximum atomic E-state index is 12.3. The van der Waals surface area contributed by atoms with Crippen LogP contribution in [0.5, 0.6) is 0 Å². The van der Waals surface area contributed by atoms with Crippen LogP contribution < -0.4 is 10.2 Å². The van der Waals surface area contributed by atoms with Crippen LogP contribution in [0.4, 0.5) is 11.5 Å². The molecule has 1 amide bonds. The fraction of sp³-hybridized carbons (Fsp3) is 0.333. The van der Waals surface area contributed by atoms with Gasteiger partial charge in [-0.05, 0) is 49.6 Å². The molecule has 1 aromatic heterocycles. The minimum atomic E-state index is -0.228. The lowest BCUT2D eigenvalue weighted by molar-refractivity contribution is 0.102. The van der Waals surface area contributed by atoms with E-state index in [1.165, 1.54) is 6.42 Å². The summed E-state index contributed by atoms with van der Waals surface area (Å²) in [5.74, 6) is 0.571. The lowest BCUT2D eigenvalue weighted by Gasteiger charge is -2.38. The van der Waals surface area contributed by atoms with E-state index in [2.05, 4.69) is 15.2 Å². The molecule has 1 fully saturated rings. The summed E-state index contributed by atoms with van der Waals surface area (Å²) in [6, 6.07) is 11.0. The molecule has 1 aliphatic rings. The van der Waals surface area contributed by atoms with E-state index in [0.29, 0.717) is 28.9 Å². The summed E-state index contributed by atoms with van der Waals surface area (Å²) in [6.07, 6.45) is 5.03. The van der Waals surface area contributed by atoms with Gasteiger partial charge in [-0.25, -0.2) is 4.98 Å². The van der Waals surface area contributed by atoms with E-state index in [9.17, 15) is 9.90 Å². The van der Waals surface area contributed by atoms with Gasteiger partial charge in [-0.15, -0.1) is 0 Å². The van der Waals surface area contributed by atoms with Crippen molar-refractivity contribution in [3.8, 4) is 0 Å². The molecule has 126 valence electrons. The number of aliphatic hydroxyl groups is 1. The number of benzene rings is 1. The number of nitrogens with one attached hydrogen (secondary N) is 1. The first-order valence-electron chi connectivity index (χ1n) is 8.08. The monoisotopic (exact) mass is 345 g/mol. The average molecular weight is 346 g/mol. The molecule has 0 spiro atoms. The first-order chi connectivity index (χ1) is 11.7. The van der Waals surface area contributed by atoms with Crippen molar-refractivity contribution < 1.29 is 9.90 Å². The van der Waals surface area contributed by atoms with E-state index in [0.717, 1.165) is 18.7 Å². The number of anilines is 2. The second kappa shape index (κ2) is 7.64. The number of hydrogen-bond donors (Lipinski definition) is 2. The molecule has 0 saturated heterocycles. The molecule has 0 bridgehead atoms. The Morgan fingerprint density at radius 3 is 2.75 bits per heavy atom. The van der Waals surface area contributed by atoms with Crippen LogP contribution in [0.3, 0.4) is 0 Å². The van der Waals surface area contributed by atoms with Gasteiger partial charge in [0.2, 0.25) is 0 Å². The molecule has 1 heterocycles. The minimum Gasteiger partial charge on any atom is -0.395 e. The molecule has 1 aliphatic carbocycles. The summed E-state index contributed by atoms with van der Waals surface area (Å²) < 4.78 is 0. The van der Waals surface area contributed by atoms with Crippen LogP contribution >= 0.6 is 11.6 Å². The molecular weight excluding hydrogens is 326 g/mol. The summed E-state index contributed by atoms with van der Waals surface area (Å²) in [4.78, 5) is 18.8. The van der Waals surface area contributed by atoms with E-state index < -0.39 is 0 Å². The standard InChI is InChI=1S/C18H20ClN3O2/c19-14-3-1-4-15(11-14)21-18(24)13-7-8-17(20-12-13)22(9-10-23)16-5-2-6-16/h1,3-4,7-8,11-12,16,23H,2,5-6,9-10H2,(H,21,24). The van der Waals surface area contributed by atoms with Crippen LogP contribution in [-0.4, -0.2) is 35.2 Å². The molecule has 0 unspecified atom stereocenters. The van der Waals surface area contributed by atoms with E-state index in [-0.39, 0.29) is 12.5 Å². The Labute approximate surface area is 146 Å². The number of aromatic nitrogens is 1. The zero-order valence-corrected chi connectivity index (χ0v) is 14.0. The van der Waals surface area contributed by atoms with Gasteiger partial charge >= 0.3 is 0 Å². The van der Waals surface area contributed by atoms with E-state index >= 15 is 0 Å². The molecule has 24 heavy (non-hydrogen) atoms. The first kappa shape index (κ1) is 16.7. The minimum absolute atomic E-state index is 0.0924. The second-order valence-electron chi connectivity index (χ2n) is 5.87. The van der Waals surface area contributed by atoms with Gasteiger partial charge < -0.3 is 15.3 Å². The van der Waals surface area contributed by atoms with Crippen LogP contribution in [-0.2, 0) is 0 Å². The molecular formula is C18H20ClN3O2. The molecule has 0 aliphatic heterocycles. The normalized spacial score (nSPS) is 14.1. The van der Waals surface area contributed by atoms with Crippen LogP contribution in [0, 0.1) is 0 Å². The predicted molar refractivity (Wildman–Crippen MR) is 95.7 cm³/mol. The Kier molecular flexibility index (Phi) is 5.33. The lowest BCUT2D eigenvalue weighted by Crippen LogP contribution is -2.42. The van der Waals surface area contributed by atoms with Crippen LogP contribution in [0.25, 0.3) is 0 Å². The number of halogens is 1. The summed E-state index contributed by atoms with van der Waals surface area (Å²) in [6.45, 7) is 0.654. The van der Waals surface area contributed by atoms with Gasteiger partial charge in [-0.3, -0.25) is 4.79 Å². The third-order valence-electron chi connectivity index (χ3n) is 4.24. The zero-order chi connectivity index (χ0) is 16.9. The Morgan fingerprint density at radius 2 is 2.17 bits per heavy atom. The van der Waals surface area contributed by atoms with Gasteiger partial charge in [-0.2, -0.15) is 0 Å². The fourth-order valence-electron chi connectivity index (χ4n) is 2.75. The van der Waals surface area contributed by atoms with Crippen molar-refractivity contribution in [1.29, 1.82) is 0 Å². The Hall–Kier alpha value is -2.11. The molecule has 5 nitrogen and oxygen atoms in total. The van der Waals surface area contributed by atoms with Crippen molar-refractivity contribution >= 4 is 29.0 Å². The van der Waals surface area contributed by atoms with Gasteiger partial charge in [0.05, 0.1) is 12.2 Å². The number of carbonyl (C=O) groups is 1. The smallest absolute Gasteiger partial charge is 0.257 e. The topological polar surface area (TPSA) is 65.5 Å². The number of pyridine rings is 1. The van der Waals surface area contributed by atoms with E-state index in [1.807, 2.05) is 6.07 Å². The second-order valence-corrected chi connectivity index (χ2v) is 6.31. The fourth-order valence-corrected chi connectivity index (χ4v) is 2.94. The molecule has 6 heteroatoms. The SMILES string of the molecule is O=C(Nc1cccc(Cl)c1)c1ccc(N(CCO)C2CCC2)nc1. The number of carbonyl (C=O) groups excluding carboxylic acids is 1. The molecule has 2 N–H and O–H groups in total. The van der Waals surface area contributed by atoms with Crippen molar-refractivity contribution in [2.45, 2.75) is 25.3 Å². The average Bonchev–Trinajstić information content (AvgIpc) is 2.53. The van der Waals surface area contributed by atoms with E-state index in [1.54, 1.807) is 36.5 Å².